The molecule has 0 radical (unpaired) electrons. The van der Waals surface area contributed by atoms with Crippen molar-refractivity contribution in [3.8, 4) is 0 Å². The summed E-state index contributed by atoms with van der Waals surface area (Å²) in [5.74, 6) is 0. The molecule has 0 spiro atoms. The van der Waals surface area contributed by atoms with Crippen molar-refractivity contribution in [1.29, 1.82) is 0 Å². The Morgan fingerprint density at radius 1 is 1.55 bits per heavy atom. The van der Waals surface area contributed by atoms with Crippen molar-refractivity contribution >= 4 is 10.0 Å². The zero-order valence-corrected chi connectivity index (χ0v) is 12.8. The van der Waals surface area contributed by atoms with Gasteiger partial charge in [0, 0.05) is 19.1 Å². The molecule has 1 aliphatic heterocycles. The first kappa shape index (κ1) is 15.4. The zero-order valence-electron chi connectivity index (χ0n) is 12.0. The number of H-pyrrole nitrogens is 1. The van der Waals surface area contributed by atoms with Crippen LogP contribution in [0.3, 0.4) is 0 Å². The van der Waals surface area contributed by atoms with Crippen molar-refractivity contribution in [3.63, 3.8) is 0 Å². The summed E-state index contributed by atoms with van der Waals surface area (Å²) in [5, 5.41) is 6.64. The summed E-state index contributed by atoms with van der Waals surface area (Å²) in [7, 11) is -3.57. The Kier molecular flexibility index (Phi) is 4.79. The number of likely N-dealkylation sites (tertiary alicyclic amines) is 1. The molecule has 1 saturated heterocycles. The fraction of sp³-hybridized carbons (Fsp3) is 0.750. The van der Waals surface area contributed by atoms with Gasteiger partial charge in [-0.3, -0.25) is 5.10 Å². The Morgan fingerprint density at radius 3 is 2.95 bits per heavy atom. The summed E-state index contributed by atoms with van der Waals surface area (Å²) in [6.07, 6.45) is 1.87. The van der Waals surface area contributed by atoms with Gasteiger partial charge in [-0.15, -0.1) is 0 Å². The Morgan fingerprint density at radius 2 is 2.30 bits per heavy atom. The highest BCUT2D eigenvalue weighted by molar-refractivity contribution is 7.89. The number of hydrogen-bond acceptors (Lipinski definition) is 5. The van der Waals surface area contributed by atoms with Crippen LogP contribution in [0.5, 0.6) is 0 Å². The van der Waals surface area contributed by atoms with Gasteiger partial charge in [-0.05, 0) is 32.9 Å². The van der Waals surface area contributed by atoms with Crippen molar-refractivity contribution < 1.29 is 8.42 Å². The molecule has 1 fully saturated rings. The molecule has 0 amide bonds. The van der Waals surface area contributed by atoms with Crippen LogP contribution >= 0.6 is 0 Å². The van der Waals surface area contributed by atoms with Gasteiger partial charge in [-0.25, -0.2) is 13.1 Å². The summed E-state index contributed by atoms with van der Waals surface area (Å²) in [4.78, 5) is 2.46. The third kappa shape index (κ3) is 3.20. The summed E-state index contributed by atoms with van der Waals surface area (Å²) in [6.45, 7) is 6.62. The third-order valence-electron chi connectivity index (χ3n) is 3.70. The first-order valence-corrected chi connectivity index (χ1v) is 8.44. The van der Waals surface area contributed by atoms with E-state index < -0.39 is 10.0 Å². The molecule has 0 aromatic carbocycles. The average Bonchev–Trinajstić information content (AvgIpc) is 2.80. The van der Waals surface area contributed by atoms with Crippen LogP contribution in [0.4, 0.5) is 0 Å². The predicted molar refractivity (Wildman–Crippen MR) is 76.7 cm³/mol. The molecule has 4 N–H and O–H groups in total. The van der Waals surface area contributed by atoms with Gasteiger partial charge in [-0.1, -0.05) is 6.92 Å². The van der Waals surface area contributed by atoms with Gasteiger partial charge < -0.3 is 10.6 Å². The third-order valence-corrected chi connectivity index (χ3v) is 5.42. The molecule has 2 rings (SSSR count). The SMILES string of the molecule is CCN1CCCC(NS(=O)(=O)c2c(CN)n[nH]c2C)C1. The lowest BCUT2D eigenvalue weighted by molar-refractivity contribution is 0.211. The van der Waals surface area contributed by atoms with Gasteiger partial charge in [0.2, 0.25) is 10.0 Å². The number of sulfonamides is 1. The number of nitrogens with one attached hydrogen (secondary N) is 2. The van der Waals surface area contributed by atoms with Gasteiger partial charge in [0.15, 0.2) is 0 Å². The average molecular weight is 301 g/mol. The minimum absolute atomic E-state index is 0.0476. The molecular formula is C12H23N5O2S. The number of aromatic amines is 1. The Labute approximate surface area is 120 Å². The van der Waals surface area contributed by atoms with E-state index in [4.69, 9.17) is 5.73 Å². The minimum atomic E-state index is -3.57. The molecule has 114 valence electrons. The lowest BCUT2D eigenvalue weighted by atomic mass is 10.1. The van der Waals surface area contributed by atoms with E-state index >= 15 is 0 Å². The minimum Gasteiger partial charge on any atom is -0.325 e. The van der Waals surface area contributed by atoms with E-state index in [1.54, 1.807) is 6.92 Å². The van der Waals surface area contributed by atoms with E-state index in [-0.39, 0.29) is 17.5 Å². The number of nitrogens with zero attached hydrogens (tertiary/aromatic N) is 2. The van der Waals surface area contributed by atoms with Crippen molar-refractivity contribution in [3.05, 3.63) is 11.4 Å². The quantitative estimate of drug-likeness (QED) is 0.707. The number of aryl methyl sites for hydroxylation is 1. The van der Waals surface area contributed by atoms with Crippen LogP contribution in [0.25, 0.3) is 0 Å². The first-order chi connectivity index (χ1) is 9.47. The van der Waals surface area contributed by atoms with Crippen LogP contribution in [0, 0.1) is 6.92 Å². The maximum atomic E-state index is 12.5. The van der Waals surface area contributed by atoms with E-state index in [0.29, 0.717) is 11.4 Å². The smallest absolute Gasteiger partial charge is 0.244 e. The van der Waals surface area contributed by atoms with Crippen molar-refractivity contribution in [2.45, 2.75) is 44.2 Å². The Bertz CT molecular complexity index is 554. The molecule has 1 aliphatic rings. The number of likely N-dealkylation sites (N-methyl/N-ethyl adjacent to an activating group) is 1. The molecule has 1 unspecified atom stereocenters. The molecule has 0 bridgehead atoms. The molecule has 7 nitrogen and oxygen atoms in total. The van der Waals surface area contributed by atoms with Crippen molar-refractivity contribution in [1.82, 2.24) is 19.8 Å². The molecule has 20 heavy (non-hydrogen) atoms. The van der Waals surface area contributed by atoms with E-state index in [0.717, 1.165) is 32.5 Å². The monoisotopic (exact) mass is 301 g/mol. The highest BCUT2D eigenvalue weighted by atomic mass is 32.2. The van der Waals surface area contributed by atoms with Crippen LogP contribution in [-0.4, -0.2) is 49.2 Å². The van der Waals surface area contributed by atoms with E-state index in [2.05, 4.69) is 26.7 Å². The number of rotatable bonds is 5. The zero-order chi connectivity index (χ0) is 14.8. The fourth-order valence-electron chi connectivity index (χ4n) is 2.68. The van der Waals surface area contributed by atoms with Crippen LogP contribution in [0.2, 0.25) is 0 Å². The Hall–Kier alpha value is -0.960. The maximum Gasteiger partial charge on any atom is 0.244 e. The molecule has 0 aliphatic carbocycles. The van der Waals surface area contributed by atoms with Gasteiger partial charge in [0.25, 0.3) is 0 Å². The standard InChI is InChI=1S/C12H23N5O2S/c1-3-17-6-4-5-10(8-17)16-20(18,19)12-9(2)14-15-11(12)7-13/h10,16H,3-8,13H2,1-2H3,(H,14,15). The maximum absolute atomic E-state index is 12.5. The summed E-state index contributed by atoms with van der Waals surface area (Å²) in [5.41, 5.74) is 6.47. The summed E-state index contributed by atoms with van der Waals surface area (Å²) < 4.78 is 27.8. The lowest BCUT2D eigenvalue weighted by Gasteiger charge is -2.32. The molecule has 1 aromatic rings. The highest BCUT2D eigenvalue weighted by Crippen LogP contribution is 2.19. The van der Waals surface area contributed by atoms with Crippen molar-refractivity contribution in [2.75, 3.05) is 19.6 Å². The van der Waals surface area contributed by atoms with Crippen LogP contribution in [0.15, 0.2) is 4.90 Å². The van der Waals surface area contributed by atoms with Crippen LogP contribution in [-0.2, 0) is 16.6 Å². The van der Waals surface area contributed by atoms with Crippen molar-refractivity contribution in [2.24, 2.45) is 5.73 Å². The van der Waals surface area contributed by atoms with E-state index in [1.807, 2.05) is 0 Å². The number of hydrogen-bond donors (Lipinski definition) is 3. The molecular weight excluding hydrogens is 278 g/mol. The molecule has 0 saturated carbocycles. The van der Waals surface area contributed by atoms with Crippen LogP contribution in [0.1, 0.15) is 31.2 Å². The molecule has 1 aromatic heterocycles. The number of piperidine rings is 1. The summed E-state index contributed by atoms with van der Waals surface area (Å²) >= 11 is 0. The number of nitrogens with two attached hydrogens (primary N) is 1. The van der Waals surface area contributed by atoms with Gasteiger partial charge >= 0.3 is 0 Å². The molecule has 8 heteroatoms. The fourth-order valence-corrected chi connectivity index (χ4v) is 4.32. The topological polar surface area (TPSA) is 104 Å². The highest BCUT2D eigenvalue weighted by Gasteiger charge is 2.28. The van der Waals surface area contributed by atoms with Gasteiger partial charge in [0.05, 0.1) is 11.4 Å². The molecule has 2 heterocycles. The van der Waals surface area contributed by atoms with Crippen LogP contribution < -0.4 is 10.5 Å². The predicted octanol–water partition coefficient (Wildman–Crippen LogP) is -0.0606. The van der Waals surface area contributed by atoms with E-state index in [1.165, 1.54) is 0 Å². The summed E-state index contributed by atoms with van der Waals surface area (Å²) in [6, 6.07) is -0.0476. The van der Waals surface area contributed by atoms with Gasteiger partial charge in [0.1, 0.15) is 4.90 Å². The largest absolute Gasteiger partial charge is 0.325 e. The van der Waals surface area contributed by atoms with E-state index in [9.17, 15) is 8.42 Å². The normalized spacial score (nSPS) is 21.2. The Balaban J connectivity index is 2.16. The second-order valence-corrected chi connectivity index (χ2v) is 6.83. The first-order valence-electron chi connectivity index (χ1n) is 6.96. The van der Waals surface area contributed by atoms with Gasteiger partial charge in [-0.2, -0.15) is 5.10 Å². The second kappa shape index (κ2) is 6.21. The second-order valence-electron chi connectivity index (χ2n) is 5.18. The number of aromatic nitrogens is 2. The lowest BCUT2D eigenvalue weighted by Crippen LogP contribution is -2.47. The molecule has 1 atom stereocenters.